The van der Waals surface area contributed by atoms with E-state index in [0.29, 0.717) is 10.2 Å². The van der Waals surface area contributed by atoms with E-state index in [4.69, 9.17) is 17.0 Å². The minimum absolute atomic E-state index is 0.0785. The zero-order valence-electron chi connectivity index (χ0n) is 19.2. The first-order valence-electron chi connectivity index (χ1n) is 11.3. The third-order valence-electron chi connectivity index (χ3n) is 5.85. The number of aliphatic imine (C=N–C) groups is 1. The lowest BCUT2D eigenvalue weighted by molar-refractivity contribution is -0.114. The monoisotopic (exact) mass is 481 g/mol. The Hall–Kier alpha value is -2.64. The number of hydrazone groups is 1. The number of aromatic nitrogens is 1. The van der Waals surface area contributed by atoms with Crippen LogP contribution in [0.3, 0.4) is 0 Å². The summed E-state index contributed by atoms with van der Waals surface area (Å²) in [5, 5.41) is 16.8. The largest absolute Gasteiger partial charge is 0.318 e. The molecule has 0 radical (unpaired) electrons. The summed E-state index contributed by atoms with van der Waals surface area (Å²) in [6.07, 6.45) is 8.55. The summed E-state index contributed by atoms with van der Waals surface area (Å²) < 4.78 is 2.11. The zero-order chi connectivity index (χ0) is 23.5. The SMILES string of the molecule is CCCCCCCC1=NN2C(=N)/C(=C/c3cc(C)n(-c4ccc(Cl)cc4)c3C)C(=O)N=C2S1. The molecule has 1 aromatic carbocycles. The fourth-order valence-corrected chi connectivity index (χ4v) is 5.14. The van der Waals surface area contributed by atoms with Crippen molar-refractivity contribution in [3.63, 3.8) is 0 Å². The van der Waals surface area contributed by atoms with E-state index in [2.05, 4.69) is 21.6 Å². The molecule has 0 aliphatic carbocycles. The van der Waals surface area contributed by atoms with E-state index in [0.717, 1.165) is 40.5 Å². The number of aryl methyl sites for hydroxylation is 1. The van der Waals surface area contributed by atoms with Gasteiger partial charge in [0.2, 0.25) is 5.17 Å². The summed E-state index contributed by atoms with van der Waals surface area (Å²) in [7, 11) is 0. The molecule has 0 saturated carbocycles. The van der Waals surface area contributed by atoms with Gasteiger partial charge >= 0.3 is 0 Å². The third-order valence-corrected chi connectivity index (χ3v) is 7.07. The van der Waals surface area contributed by atoms with E-state index in [1.54, 1.807) is 6.08 Å². The van der Waals surface area contributed by atoms with Crippen molar-refractivity contribution in [1.29, 1.82) is 5.41 Å². The fourth-order valence-electron chi connectivity index (χ4n) is 4.09. The van der Waals surface area contributed by atoms with Gasteiger partial charge in [0.15, 0.2) is 5.84 Å². The van der Waals surface area contributed by atoms with Crippen molar-refractivity contribution in [2.24, 2.45) is 10.1 Å². The fraction of sp³-hybridized carbons (Fsp3) is 0.360. The standard InChI is InChI=1S/C25H28ClN5OS/c1-4-5-6-7-8-9-22-29-31-23(27)21(24(32)28-25(31)33-22)15-18-14-16(2)30(17(18)3)20-12-10-19(26)11-13-20/h10-15,27H,4-9H2,1-3H3/b21-15-,27-23?. The van der Waals surface area contributed by atoms with Crippen LogP contribution in [0.5, 0.6) is 0 Å². The third kappa shape index (κ3) is 4.99. The van der Waals surface area contributed by atoms with Gasteiger partial charge in [-0.25, -0.2) is 0 Å². The average molecular weight is 482 g/mol. The number of carbonyl (C=O) groups is 1. The first-order valence-corrected chi connectivity index (χ1v) is 12.5. The predicted octanol–water partition coefficient (Wildman–Crippen LogP) is 6.73. The minimum Gasteiger partial charge on any atom is -0.318 e. The maximum atomic E-state index is 12.8. The van der Waals surface area contributed by atoms with Crippen LogP contribution in [0.25, 0.3) is 11.8 Å². The second-order valence-corrected chi connectivity index (χ2v) is 9.79. The molecule has 0 saturated heterocycles. The van der Waals surface area contributed by atoms with Crippen molar-refractivity contribution >= 4 is 51.4 Å². The number of rotatable bonds is 8. The molecule has 3 heterocycles. The molecule has 1 N–H and O–H groups in total. The van der Waals surface area contributed by atoms with Crippen molar-refractivity contribution in [2.45, 2.75) is 59.3 Å². The van der Waals surface area contributed by atoms with Gasteiger partial charge in [0.1, 0.15) is 5.04 Å². The van der Waals surface area contributed by atoms with E-state index in [-0.39, 0.29) is 11.4 Å². The highest BCUT2D eigenvalue weighted by Crippen LogP contribution is 2.31. The minimum atomic E-state index is -0.394. The van der Waals surface area contributed by atoms with Crippen LogP contribution in [0.15, 0.2) is 46.0 Å². The van der Waals surface area contributed by atoms with E-state index in [1.807, 2.05) is 44.2 Å². The normalized spacial score (nSPS) is 17.0. The number of amidine groups is 2. The highest BCUT2D eigenvalue weighted by molar-refractivity contribution is 8.26. The van der Waals surface area contributed by atoms with Crippen LogP contribution < -0.4 is 0 Å². The lowest BCUT2D eigenvalue weighted by Gasteiger charge is -2.20. The Labute approximate surface area is 203 Å². The van der Waals surface area contributed by atoms with Crippen molar-refractivity contribution in [3.8, 4) is 5.69 Å². The van der Waals surface area contributed by atoms with Crippen LogP contribution in [0.1, 0.15) is 62.4 Å². The molecule has 33 heavy (non-hydrogen) atoms. The molecule has 2 aliphatic heterocycles. The number of hydrogen-bond acceptors (Lipinski definition) is 4. The maximum Gasteiger partial charge on any atom is 0.283 e. The summed E-state index contributed by atoms with van der Waals surface area (Å²) >= 11 is 7.44. The molecule has 0 unspecified atom stereocenters. The summed E-state index contributed by atoms with van der Waals surface area (Å²) in [5.74, 6) is -0.316. The van der Waals surface area contributed by atoms with Crippen LogP contribution in [0.2, 0.25) is 5.02 Å². The molecule has 1 amide bonds. The Morgan fingerprint density at radius 1 is 1.12 bits per heavy atom. The second-order valence-electron chi connectivity index (χ2n) is 8.32. The number of nitrogens with one attached hydrogen (secondary N) is 1. The topological polar surface area (TPSA) is 73.8 Å². The van der Waals surface area contributed by atoms with Gasteiger partial charge in [-0.1, -0.05) is 44.2 Å². The van der Waals surface area contributed by atoms with Gasteiger partial charge in [-0.15, -0.1) is 0 Å². The summed E-state index contributed by atoms with van der Waals surface area (Å²) in [6.45, 7) is 6.22. The Morgan fingerprint density at radius 3 is 2.58 bits per heavy atom. The number of halogens is 1. The van der Waals surface area contributed by atoms with Crippen LogP contribution in [0, 0.1) is 19.3 Å². The molecule has 2 aliphatic rings. The first kappa shape index (κ1) is 23.5. The molecule has 4 rings (SSSR count). The van der Waals surface area contributed by atoms with Crippen molar-refractivity contribution in [2.75, 3.05) is 0 Å². The number of nitrogens with zero attached hydrogens (tertiary/aromatic N) is 4. The van der Waals surface area contributed by atoms with E-state index in [9.17, 15) is 4.79 Å². The number of thioether (sulfide) groups is 1. The molecule has 8 heteroatoms. The van der Waals surface area contributed by atoms with Gasteiger partial charge in [0, 0.05) is 22.1 Å². The molecule has 0 bridgehead atoms. The Bertz CT molecular complexity index is 1180. The van der Waals surface area contributed by atoms with Crippen molar-refractivity contribution < 1.29 is 4.79 Å². The van der Waals surface area contributed by atoms with Gasteiger partial charge in [-0.2, -0.15) is 15.1 Å². The molecule has 6 nitrogen and oxygen atoms in total. The Balaban J connectivity index is 1.55. The second kappa shape index (κ2) is 10.1. The van der Waals surface area contributed by atoms with Gasteiger partial charge in [0.25, 0.3) is 5.91 Å². The molecule has 0 atom stereocenters. The lowest BCUT2D eigenvalue weighted by atomic mass is 10.1. The van der Waals surface area contributed by atoms with Crippen LogP contribution in [-0.4, -0.2) is 31.5 Å². The molecular weight excluding hydrogens is 454 g/mol. The number of carbonyl (C=O) groups excluding carboxylic acids is 1. The number of amides is 1. The van der Waals surface area contributed by atoms with E-state index >= 15 is 0 Å². The van der Waals surface area contributed by atoms with Crippen molar-refractivity contribution in [3.05, 3.63) is 57.9 Å². The Kier molecular flexibility index (Phi) is 7.20. The molecule has 1 aromatic heterocycles. The number of unbranched alkanes of at least 4 members (excludes halogenated alkanes) is 4. The van der Waals surface area contributed by atoms with Crippen LogP contribution in [-0.2, 0) is 4.79 Å². The molecule has 172 valence electrons. The zero-order valence-corrected chi connectivity index (χ0v) is 20.8. The van der Waals surface area contributed by atoms with Gasteiger partial charge in [-0.05, 0) is 80.4 Å². The quantitative estimate of drug-likeness (QED) is 0.335. The predicted molar refractivity (Wildman–Crippen MR) is 139 cm³/mol. The highest BCUT2D eigenvalue weighted by atomic mass is 35.5. The summed E-state index contributed by atoms with van der Waals surface area (Å²) in [4.78, 5) is 17.0. The van der Waals surface area contributed by atoms with Gasteiger partial charge < -0.3 is 4.57 Å². The lowest BCUT2D eigenvalue weighted by Crippen LogP contribution is -2.35. The highest BCUT2D eigenvalue weighted by Gasteiger charge is 2.35. The molecular formula is C25H28ClN5OS. The summed E-state index contributed by atoms with van der Waals surface area (Å²) in [5.41, 5.74) is 4.13. The number of fused-ring (bicyclic) bond motifs is 1. The maximum absolute atomic E-state index is 12.8. The Morgan fingerprint density at radius 2 is 1.85 bits per heavy atom. The van der Waals surface area contributed by atoms with E-state index in [1.165, 1.54) is 42.5 Å². The molecule has 2 aromatic rings. The first-order chi connectivity index (χ1) is 15.9. The van der Waals surface area contributed by atoms with Crippen LogP contribution in [0.4, 0.5) is 0 Å². The summed E-state index contributed by atoms with van der Waals surface area (Å²) in [6, 6.07) is 9.65. The number of hydrogen-bond donors (Lipinski definition) is 1. The van der Waals surface area contributed by atoms with Crippen LogP contribution >= 0.6 is 23.4 Å². The van der Waals surface area contributed by atoms with Gasteiger partial charge in [0.05, 0.1) is 5.57 Å². The van der Waals surface area contributed by atoms with E-state index < -0.39 is 5.91 Å². The molecule has 0 fully saturated rings. The van der Waals surface area contributed by atoms with Gasteiger partial charge in [-0.3, -0.25) is 10.2 Å². The molecule has 0 spiro atoms. The smallest absolute Gasteiger partial charge is 0.283 e. The average Bonchev–Trinajstić information content (AvgIpc) is 3.31. The number of benzene rings is 1. The van der Waals surface area contributed by atoms with Crippen molar-refractivity contribution in [1.82, 2.24) is 9.58 Å².